The molecule has 0 fully saturated rings. The van der Waals surface area contributed by atoms with Gasteiger partial charge in [0.1, 0.15) is 17.9 Å². The molecule has 2 atom stereocenters. The first-order valence-corrected chi connectivity index (χ1v) is 3.60. The first kappa shape index (κ1) is 10.2. The number of nitriles is 1. The van der Waals surface area contributed by atoms with Crippen molar-refractivity contribution in [1.82, 2.24) is 10.2 Å². The normalized spacial score (nSPS) is 14.4. The summed E-state index contributed by atoms with van der Waals surface area (Å²) in [4.78, 5) is 10.3. The van der Waals surface area contributed by atoms with Crippen LogP contribution < -0.4 is 0 Å². The molecule has 0 radical (unpaired) electrons. The van der Waals surface area contributed by atoms with Gasteiger partial charge in [0.05, 0.1) is 6.20 Å². The van der Waals surface area contributed by atoms with Crippen LogP contribution in [0.25, 0.3) is 0 Å². The largest absolute Gasteiger partial charge is 0.479 e. The van der Waals surface area contributed by atoms with E-state index in [1.807, 2.05) is 0 Å². The van der Waals surface area contributed by atoms with Gasteiger partial charge in [-0.1, -0.05) is 0 Å². The first-order valence-electron chi connectivity index (χ1n) is 3.60. The van der Waals surface area contributed by atoms with Crippen molar-refractivity contribution in [1.29, 1.82) is 5.26 Å². The fourth-order valence-corrected chi connectivity index (χ4v) is 0.914. The van der Waals surface area contributed by atoms with E-state index < -0.39 is 18.2 Å². The number of aliphatic hydroxyl groups is 2. The lowest BCUT2D eigenvalue weighted by Gasteiger charge is -2.11. The van der Waals surface area contributed by atoms with Gasteiger partial charge in [-0.15, -0.1) is 0 Å². The van der Waals surface area contributed by atoms with E-state index in [0.717, 1.165) is 6.20 Å². The van der Waals surface area contributed by atoms with Crippen LogP contribution in [0.2, 0.25) is 0 Å². The Labute approximate surface area is 78.2 Å². The van der Waals surface area contributed by atoms with Crippen LogP contribution in [0.4, 0.5) is 0 Å². The molecular weight excluding hydrogens is 190 g/mol. The summed E-state index contributed by atoms with van der Waals surface area (Å²) < 4.78 is 0. The van der Waals surface area contributed by atoms with Gasteiger partial charge in [-0.05, 0) is 0 Å². The zero-order chi connectivity index (χ0) is 10.7. The van der Waals surface area contributed by atoms with Gasteiger partial charge < -0.3 is 15.3 Å². The Bertz CT molecular complexity index is 381. The van der Waals surface area contributed by atoms with Crippen LogP contribution in [0.15, 0.2) is 6.20 Å². The third-order valence-corrected chi connectivity index (χ3v) is 1.65. The van der Waals surface area contributed by atoms with Gasteiger partial charge >= 0.3 is 5.97 Å². The first-order chi connectivity index (χ1) is 6.57. The number of aromatic nitrogens is 2. The fourth-order valence-electron chi connectivity index (χ4n) is 0.914. The number of rotatable bonds is 3. The fraction of sp³-hybridized carbons (Fsp3) is 0.286. The topological polar surface area (TPSA) is 130 Å². The highest BCUT2D eigenvalue weighted by molar-refractivity contribution is 5.73. The zero-order valence-corrected chi connectivity index (χ0v) is 6.88. The molecule has 0 aromatic carbocycles. The van der Waals surface area contributed by atoms with Gasteiger partial charge in [0.2, 0.25) is 0 Å². The van der Waals surface area contributed by atoms with Crippen molar-refractivity contribution in [3.63, 3.8) is 0 Å². The van der Waals surface area contributed by atoms with Gasteiger partial charge in [-0.2, -0.15) is 10.4 Å². The molecule has 0 saturated carbocycles. The molecule has 4 N–H and O–H groups in total. The second-order valence-electron chi connectivity index (χ2n) is 2.54. The molecule has 0 bridgehead atoms. The summed E-state index contributed by atoms with van der Waals surface area (Å²) in [5, 5.41) is 40.9. The van der Waals surface area contributed by atoms with Gasteiger partial charge in [-0.25, -0.2) is 4.79 Å². The molecule has 0 aliphatic carbocycles. The Morgan fingerprint density at radius 2 is 2.29 bits per heavy atom. The van der Waals surface area contributed by atoms with Crippen LogP contribution in [-0.2, 0) is 4.79 Å². The molecule has 0 saturated heterocycles. The van der Waals surface area contributed by atoms with Crippen LogP contribution in [0.1, 0.15) is 17.4 Å². The van der Waals surface area contributed by atoms with E-state index >= 15 is 0 Å². The lowest BCUT2D eigenvalue weighted by Crippen LogP contribution is -2.27. The average Bonchev–Trinajstić information content (AvgIpc) is 2.62. The third-order valence-electron chi connectivity index (χ3n) is 1.65. The highest BCUT2D eigenvalue weighted by Gasteiger charge is 2.28. The second kappa shape index (κ2) is 3.87. The molecule has 1 aromatic heterocycles. The van der Waals surface area contributed by atoms with Crippen LogP contribution in [0.3, 0.4) is 0 Å². The molecule has 1 aromatic rings. The molecule has 0 amide bonds. The summed E-state index contributed by atoms with van der Waals surface area (Å²) in [5.41, 5.74) is -0.111. The molecule has 2 unspecified atom stereocenters. The number of carbonyl (C=O) groups is 1. The molecular formula is C7H7N3O4. The molecule has 7 heteroatoms. The number of carboxylic acids is 1. The monoisotopic (exact) mass is 197 g/mol. The quantitative estimate of drug-likeness (QED) is 0.479. The van der Waals surface area contributed by atoms with Crippen molar-refractivity contribution in [2.75, 3.05) is 0 Å². The Hall–Kier alpha value is -1.91. The van der Waals surface area contributed by atoms with Crippen LogP contribution >= 0.6 is 0 Å². The Morgan fingerprint density at radius 1 is 1.64 bits per heavy atom. The van der Waals surface area contributed by atoms with Crippen molar-refractivity contribution >= 4 is 5.97 Å². The van der Waals surface area contributed by atoms with E-state index in [2.05, 4.69) is 10.2 Å². The van der Waals surface area contributed by atoms with Gasteiger partial charge in [-0.3, -0.25) is 5.10 Å². The van der Waals surface area contributed by atoms with Crippen LogP contribution in [0.5, 0.6) is 0 Å². The van der Waals surface area contributed by atoms with Crippen molar-refractivity contribution in [3.05, 3.63) is 17.5 Å². The number of aliphatic hydroxyl groups excluding tert-OH is 2. The molecule has 1 rings (SSSR count). The number of aromatic amines is 1. The van der Waals surface area contributed by atoms with Crippen LogP contribution in [0, 0.1) is 11.3 Å². The summed E-state index contributed by atoms with van der Waals surface area (Å²) in [6.45, 7) is 0. The van der Waals surface area contributed by atoms with E-state index in [-0.39, 0.29) is 11.3 Å². The highest BCUT2D eigenvalue weighted by atomic mass is 16.4. The maximum Gasteiger partial charge on any atom is 0.335 e. The molecule has 74 valence electrons. The number of hydrogen-bond acceptors (Lipinski definition) is 5. The minimum absolute atomic E-state index is 0.0394. The minimum atomic E-state index is -1.97. The summed E-state index contributed by atoms with van der Waals surface area (Å²) >= 11 is 0. The number of nitrogens with one attached hydrogen (secondary N) is 1. The molecule has 0 spiro atoms. The summed E-state index contributed by atoms with van der Waals surface area (Å²) in [6.07, 6.45) is -2.55. The van der Waals surface area contributed by atoms with E-state index in [1.165, 1.54) is 0 Å². The SMILES string of the molecule is N#Cc1[nH]ncc1C(O)C(O)C(=O)O. The van der Waals surface area contributed by atoms with E-state index in [9.17, 15) is 9.90 Å². The van der Waals surface area contributed by atoms with Gasteiger partial charge in [0.15, 0.2) is 6.10 Å². The van der Waals surface area contributed by atoms with Crippen molar-refractivity contribution in [2.24, 2.45) is 0 Å². The average molecular weight is 197 g/mol. The Kier molecular flexibility index (Phi) is 2.81. The number of hydrogen-bond donors (Lipinski definition) is 4. The number of carboxylic acid groups (broad SMARTS) is 1. The van der Waals surface area contributed by atoms with Crippen molar-refractivity contribution in [3.8, 4) is 6.07 Å². The predicted octanol–water partition coefficient (Wildman–Crippen LogP) is -1.24. The van der Waals surface area contributed by atoms with E-state index in [1.54, 1.807) is 6.07 Å². The number of H-pyrrole nitrogens is 1. The van der Waals surface area contributed by atoms with E-state index in [0.29, 0.717) is 0 Å². The standard InChI is InChI=1S/C7H7N3O4/c8-1-4-3(2-9-10-4)5(11)6(12)7(13)14/h2,5-6,11-12H,(H,9,10)(H,13,14). The number of nitrogens with zero attached hydrogens (tertiary/aromatic N) is 2. The smallest absolute Gasteiger partial charge is 0.335 e. The summed E-state index contributed by atoms with van der Waals surface area (Å²) in [7, 11) is 0. The zero-order valence-electron chi connectivity index (χ0n) is 6.88. The van der Waals surface area contributed by atoms with Crippen molar-refractivity contribution < 1.29 is 20.1 Å². The minimum Gasteiger partial charge on any atom is -0.479 e. The Morgan fingerprint density at radius 3 is 2.79 bits per heavy atom. The molecule has 7 nitrogen and oxygen atoms in total. The molecule has 14 heavy (non-hydrogen) atoms. The Balaban J connectivity index is 2.95. The van der Waals surface area contributed by atoms with E-state index in [4.69, 9.17) is 15.5 Å². The summed E-state index contributed by atoms with van der Waals surface area (Å²) in [5.74, 6) is -1.57. The predicted molar refractivity (Wildman–Crippen MR) is 41.9 cm³/mol. The lowest BCUT2D eigenvalue weighted by atomic mass is 10.1. The van der Waals surface area contributed by atoms with Gasteiger partial charge in [0.25, 0.3) is 0 Å². The van der Waals surface area contributed by atoms with Crippen molar-refractivity contribution in [2.45, 2.75) is 12.2 Å². The maximum atomic E-state index is 10.3. The summed E-state index contributed by atoms with van der Waals surface area (Å²) in [6, 6.07) is 1.67. The lowest BCUT2D eigenvalue weighted by molar-refractivity contribution is -0.153. The second-order valence-corrected chi connectivity index (χ2v) is 2.54. The highest BCUT2D eigenvalue weighted by Crippen LogP contribution is 2.18. The van der Waals surface area contributed by atoms with Crippen LogP contribution in [-0.4, -0.2) is 37.6 Å². The molecule has 0 aliphatic rings. The molecule has 1 heterocycles. The van der Waals surface area contributed by atoms with Gasteiger partial charge in [0, 0.05) is 5.56 Å². The number of aliphatic carboxylic acids is 1. The third kappa shape index (κ3) is 1.71. The molecule has 0 aliphatic heterocycles. The maximum absolute atomic E-state index is 10.3.